The highest BCUT2D eigenvalue weighted by Gasteiger charge is 2.31. The summed E-state index contributed by atoms with van der Waals surface area (Å²) in [6, 6.07) is 8.23. The van der Waals surface area contributed by atoms with E-state index in [9.17, 15) is 9.59 Å². The van der Waals surface area contributed by atoms with Gasteiger partial charge in [-0.1, -0.05) is 18.2 Å². The van der Waals surface area contributed by atoms with Crippen molar-refractivity contribution in [3.63, 3.8) is 0 Å². The van der Waals surface area contributed by atoms with Crippen molar-refractivity contribution in [1.82, 2.24) is 15.5 Å². The molecule has 1 aromatic rings. The van der Waals surface area contributed by atoms with E-state index in [0.717, 1.165) is 56.4 Å². The Hall–Kier alpha value is -1.59. The molecule has 2 N–H and O–H groups in total. The number of hydrogen-bond acceptors (Lipinski definition) is 3. The minimum absolute atomic E-state index is 0. The summed E-state index contributed by atoms with van der Waals surface area (Å²) in [4.78, 5) is 27.1. The number of nitrogens with one attached hydrogen (secondary N) is 2. The Morgan fingerprint density at radius 2 is 1.85 bits per heavy atom. The number of amides is 2. The van der Waals surface area contributed by atoms with Crippen LogP contribution in [0.25, 0.3) is 0 Å². The molecule has 0 saturated carbocycles. The van der Waals surface area contributed by atoms with Crippen molar-refractivity contribution < 1.29 is 9.59 Å². The number of aryl methyl sites for hydroxylation is 1. The second kappa shape index (κ2) is 9.38. The molecular formula is C20H30ClN3O2. The van der Waals surface area contributed by atoms with E-state index in [0.29, 0.717) is 11.9 Å². The van der Waals surface area contributed by atoms with Crippen molar-refractivity contribution in [2.45, 2.75) is 51.6 Å². The summed E-state index contributed by atoms with van der Waals surface area (Å²) in [5.74, 6) is 0.460. The number of halogens is 1. The molecule has 3 rings (SSSR count). The van der Waals surface area contributed by atoms with Gasteiger partial charge in [0.25, 0.3) is 5.91 Å². The molecule has 0 spiro atoms. The number of piperidine rings is 2. The lowest BCUT2D eigenvalue weighted by Gasteiger charge is -2.36. The maximum absolute atomic E-state index is 12.7. The quantitative estimate of drug-likeness (QED) is 0.848. The molecule has 2 amide bonds. The summed E-state index contributed by atoms with van der Waals surface area (Å²) in [7, 11) is 0. The van der Waals surface area contributed by atoms with E-state index < -0.39 is 0 Å². The van der Waals surface area contributed by atoms with Crippen LogP contribution in [0.15, 0.2) is 24.3 Å². The average molecular weight is 380 g/mol. The van der Waals surface area contributed by atoms with Gasteiger partial charge in [-0.25, -0.2) is 0 Å². The first kappa shape index (κ1) is 20.7. The van der Waals surface area contributed by atoms with E-state index in [1.165, 1.54) is 0 Å². The van der Waals surface area contributed by atoms with Crippen molar-refractivity contribution in [2.24, 2.45) is 5.92 Å². The van der Waals surface area contributed by atoms with E-state index in [2.05, 4.69) is 17.6 Å². The van der Waals surface area contributed by atoms with Crippen LogP contribution in [0, 0.1) is 12.8 Å². The van der Waals surface area contributed by atoms with Crippen LogP contribution in [0.1, 0.15) is 48.5 Å². The van der Waals surface area contributed by atoms with Gasteiger partial charge in [-0.05, 0) is 57.7 Å². The fourth-order valence-corrected chi connectivity index (χ4v) is 3.95. The minimum Gasteiger partial charge on any atom is -0.349 e. The normalized spacial score (nSPS) is 23.8. The molecule has 0 bridgehead atoms. The molecule has 2 saturated heterocycles. The lowest BCUT2D eigenvalue weighted by Crippen LogP contribution is -2.50. The molecule has 26 heavy (non-hydrogen) atoms. The van der Waals surface area contributed by atoms with Gasteiger partial charge in [0.05, 0.1) is 0 Å². The van der Waals surface area contributed by atoms with Crippen LogP contribution in [-0.4, -0.2) is 48.4 Å². The minimum atomic E-state index is -0.00458. The molecule has 2 heterocycles. The SMILES string of the molecule is Cc1ccccc1C(=O)NC1CCN(C(=O)[C@H]2CCN[C@@H](C)C2)CC1.Cl. The van der Waals surface area contributed by atoms with Crippen LogP contribution < -0.4 is 10.6 Å². The summed E-state index contributed by atoms with van der Waals surface area (Å²) in [5, 5.41) is 6.54. The molecule has 0 aliphatic carbocycles. The highest BCUT2D eigenvalue weighted by Crippen LogP contribution is 2.21. The van der Waals surface area contributed by atoms with E-state index in [4.69, 9.17) is 0 Å². The highest BCUT2D eigenvalue weighted by atomic mass is 35.5. The predicted octanol–water partition coefficient (Wildman–Crippen LogP) is 2.53. The molecule has 144 valence electrons. The van der Waals surface area contributed by atoms with Crippen LogP contribution in [0.5, 0.6) is 0 Å². The molecule has 5 nitrogen and oxygen atoms in total. The summed E-state index contributed by atoms with van der Waals surface area (Å²) in [6.07, 6.45) is 3.55. The van der Waals surface area contributed by atoms with E-state index in [1.807, 2.05) is 36.1 Å². The third kappa shape index (κ3) is 4.98. The van der Waals surface area contributed by atoms with E-state index in [-0.39, 0.29) is 30.3 Å². The number of hydrogen-bond donors (Lipinski definition) is 2. The third-order valence-corrected chi connectivity index (χ3v) is 5.50. The molecule has 0 aromatic heterocycles. The molecular weight excluding hydrogens is 350 g/mol. The highest BCUT2D eigenvalue weighted by molar-refractivity contribution is 5.95. The summed E-state index contributed by atoms with van der Waals surface area (Å²) >= 11 is 0. The molecule has 2 fully saturated rings. The Morgan fingerprint density at radius 3 is 2.50 bits per heavy atom. The molecule has 2 aliphatic rings. The third-order valence-electron chi connectivity index (χ3n) is 5.50. The fraction of sp³-hybridized carbons (Fsp3) is 0.600. The van der Waals surface area contributed by atoms with Crippen LogP contribution in [0.3, 0.4) is 0 Å². The monoisotopic (exact) mass is 379 g/mol. The smallest absolute Gasteiger partial charge is 0.251 e. The van der Waals surface area contributed by atoms with Gasteiger partial charge in [0.2, 0.25) is 5.91 Å². The van der Waals surface area contributed by atoms with E-state index >= 15 is 0 Å². The fourth-order valence-electron chi connectivity index (χ4n) is 3.95. The van der Waals surface area contributed by atoms with Gasteiger partial charge in [-0.15, -0.1) is 12.4 Å². The number of carbonyl (C=O) groups is 2. The number of likely N-dealkylation sites (tertiary alicyclic amines) is 1. The van der Waals surface area contributed by atoms with Crippen molar-refractivity contribution in [3.05, 3.63) is 35.4 Å². The second-order valence-electron chi connectivity index (χ2n) is 7.46. The predicted molar refractivity (Wildman–Crippen MR) is 106 cm³/mol. The van der Waals surface area contributed by atoms with Gasteiger partial charge in [0, 0.05) is 36.7 Å². The zero-order chi connectivity index (χ0) is 17.8. The summed E-state index contributed by atoms with van der Waals surface area (Å²) < 4.78 is 0. The Labute approximate surface area is 162 Å². The van der Waals surface area contributed by atoms with Crippen molar-refractivity contribution in [3.8, 4) is 0 Å². The number of rotatable bonds is 3. The standard InChI is InChI=1S/C20H29N3O2.ClH/c1-14-5-3-4-6-18(14)19(24)22-17-8-11-23(12-9-17)20(25)16-7-10-21-15(2)13-16;/h3-6,15-17,21H,7-13H2,1-2H3,(H,22,24);1H/t15-,16-;/m0./s1. The maximum atomic E-state index is 12.7. The lowest BCUT2D eigenvalue weighted by atomic mass is 9.91. The number of nitrogens with zero attached hydrogens (tertiary/aromatic N) is 1. The van der Waals surface area contributed by atoms with E-state index in [1.54, 1.807) is 0 Å². The number of carbonyl (C=O) groups excluding carboxylic acids is 2. The molecule has 6 heteroatoms. The van der Waals surface area contributed by atoms with Crippen molar-refractivity contribution >= 4 is 24.2 Å². The van der Waals surface area contributed by atoms with Gasteiger partial charge in [0.15, 0.2) is 0 Å². The van der Waals surface area contributed by atoms with Crippen molar-refractivity contribution in [2.75, 3.05) is 19.6 Å². The molecule has 2 aliphatic heterocycles. The van der Waals surface area contributed by atoms with Crippen LogP contribution in [0.2, 0.25) is 0 Å². The zero-order valence-electron chi connectivity index (χ0n) is 15.7. The Bertz CT molecular complexity index is 629. The summed E-state index contributed by atoms with van der Waals surface area (Å²) in [5.41, 5.74) is 1.73. The first-order valence-electron chi connectivity index (χ1n) is 9.43. The maximum Gasteiger partial charge on any atom is 0.251 e. The molecule has 2 atom stereocenters. The van der Waals surface area contributed by atoms with Crippen LogP contribution in [-0.2, 0) is 4.79 Å². The Balaban J connectivity index is 0.00000243. The van der Waals surface area contributed by atoms with Gasteiger partial charge in [-0.2, -0.15) is 0 Å². The number of benzene rings is 1. The first-order chi connectivity index (χ1) is 12.0. The summed E-state index contributed by atoms with van der Waals surface area (Å²) in [6.45, 7) is 6.52. The van der Waals surface area contributed by atoms with Gasteiger partial charge >= 0.3 is 0 Å². The Morgan fingerprint density at radius 1 is 1.15 bits per heavy atom. The zero-order valence-corrected chi connectivity index (χ0v) is 16.5. The second-order valence-corrected chi connectivity index (χ2v) is 7.46. The largest absolute Gasteiger partial charge is 0.349 e. The molecule has 0 unspecified atom stereocenters. The average Bonchev–Trinajstić information content (AvgIpc) is 2.62. The van der Waals surface area contributed by atoms with Gasteiger partial charge < -0.3 is 15.5 Å². The topological polar surface area (TPSA) is 61.4 Å². The molecule has 0 radical (unpaired) electrons. The molecule has 1 aromatic carbocycles. The van der Waals surface area contributed by atoms with Gasteiger partial charge in [-0.3, -0.25) is 9.59 Å². The Kier molecular flexibility index (Phi) is 7.47. The lowest BCUT2D eigenvalue weighted by molar-refractivity contribution is -0.137. The first-order valence-corrected chi connectivity index (χ1v) is 9.43. The van der Waals surface area contributed by atoms with Gasteiger partial charge in [0.1, 0.15) is 0 Å². The van der Waals surface area contributed by atoms with Crippen LogP contribution >= 0.6 is 12.4 Å². The van der Waals surface area contributed by atoms with Crippen molar-refractivity contribution in [1.29, 1.82) is 0 Å². The van der Waals surface area contributed by atoms with Crippen LogP contribution in [0.4, 0.5) is 0 Å².